The Balaban J connectivity index is 2.68. The molecule has 0 bridgehead atoms. The van der Waals surface area contributed by atoms with Gasteiger partial charge in [0.25, 0.3) is 0 Å². The lowest BCUT2D eigenvalue weighted by Crippen LogP contribution is -2.31. The molecule has 1 rings (SSSR count). The first-order valence-corrected chi connectivity index (χ1v) is 6.34. The van der Waals surface area contributed by atoms with Crippen LogP contribution in [0, 0.1) is 0 Å². The highest BCUT2D eigenvalue weighted by molar-refractivity contribution is 7.16. The Morgan fingerprint density at radius 3 is 2.71 bits per heavy atom. The smallest absolute Gasteiger partial charge is 0.230 e. The van der Waals surface area contributed by atoms with Crippen LogP contribution in [0.25, 0.3) is 0 Å². The van der Waals surface area contributed by atoms with E-state index in [1.807, 2.05) is 6.07 Å². The molecule has 0 N–H and O–H groups in total. The number of carbonyl (C=O) groups excluding carboxylic acids is 2. The molecule has 5 heteroatoms. The molecule has 92 valence electrons. The highest BCUT2D eigenvalue weighted by Crippen LogP contribution is 2.22. The topological polar surface area (TPSA) is 37.4 Å². The zero-order chi connectivity index (χ0) is 12.8. The summed E-state index contributed by atoms with van der Waals surface area (Å²) in [5, 5.41) is 0. The number of hydrogen-bond acceptors (Lipinski definition) is 3. The third-order valence-electron chi connectivity index (χ3n) is 2.08. The van der Waals surface area contributed by atoms with Crippen molar-refractivity contribution in [2.45, 2.75) is 19.9 Å². The van der Waals surface area contributed by atoms with Gasteiger partial charge >= 0.3 is 0 Å². The van der Waals surface area contributed by atoms with Crippen molar-refractivity contribution < 1.29 is 9.59 Å². The normalized spacial score (nSPS) is 10.0. The summed E-state index contributed by atoms with van der Waals surface area (Å²) in [6.45, 7) is 5.92. The Bertz CT molecular complexity index is 428. The summed E-state index contributed by atoms with van der Waals surface area (Å²) < 4.78 is 0.692. The summed E-state index contributed by atoms with van der Waals surface area (Å²) >= 11 is 7.26. The van der Waals surface area contributed by atoms with E-state index in [9.17, 15) is 9.59 Å². The van der Waals surface area contributed by atoms with Crippen molar-refractivity contribution >= 4 is 34.6 Å². The van der Waals surface area contributed by atoms with Crippen molar-refractivity contribution in [1.29, 1.82) is 0 Å². The number of nitrogens with zero attached hydrogens (tertiary/aromatic N) is 1. The quantitative estimate of drug-likeness (QED) is 0.589. The molecule has 17 heavy (non-hydrogen) atoms. The molecule has 0 aliphatic heterocycles. The van der Waals surface area contributed by atoms with Gasteiger partial charge in [0.05, 0.1) is 17.3 Å². The molecule has 1 amide bonds. The summed E-state index contributed by atoms with van der Waals surface area (Å²) in [6, 6.07) is 3.67. The highest BCUT2D eigenvalue weighted by atomic mass is 35.5. The Kier molecular flexibility index (Phi) is 5.38. The largest absolute Gasteiger partial charge is 0.333 e. The van der Waals surface area contributed by atoms with Gasteiger partial charge in [0.15, 0.2) is 0 Å². The molecule has 0 unspecified atom stereocenters. The summed E-state index contributed by atoms with van der Waals surface area (Å²) in [4.78, 5) is 25.3. The van der Waals surface area contributed by atoms with Gasteiger partial charge in [-0.25, -0.2) is 0 Å². The summed E-state index contributed by atoms with van der Waals surface area (Å²) in [5.41, 5.74) is 0. The maximum absolute atomic E-state index is 11.8. The maximum Gasteiger partial charge on any atom is 0.230 e. The summed E-state index contributed by atoms with van der Waals surface area (Å²) in [5.74, 6) is -0.310. The van der Waals surface area contributed by atoms with Gasteiger partial charge < -0.3 is 4.90 Å². The number of Topliss-reactive ketones (excluding diaryl/α,β-unsaturated/α-hetero) is 1. The Morgan fingerprint density at radius 2 is 2.24 bits per heavy atom. The molecule has 0 saturated heterocycles. The monoisotopic (exact) mass is 271 g/mol. The van der Waals surface area contributed by atoms with E-state index in [0.717, 1.165) is 4.88 Å². The van der Waals surface area contributed by atoms with Crippen LogP contribution in [0.1, 0.15) is 18.2 Å². The van der Waals surface area contributed by atoms with Gasteiger partial charge in [0.1, 0.15) is 5.78 Å². The van der Waals surface area contributed by atoms with E-state index in [1.165, 1.54) is 18.3 Å². The molecule has 0 aromatic carbocycles. The number of halogens is 1. The average Bonchev–Trinajstić information content (AvgIpc) is 2.62. The van der Waals surface area contributed by atoms with Gasteiger partial charge in [-0.2, -0.15) is 0 Å². The molecular weight excluding hydrogens is 258 g/mol. The van der Waals surface area contributed by atoms with Crippen LogP contribution >= 0.6 is 22.9 Å². The van der Waals surface area contributed by atoms with Gasteiger partial charge in [-0.3, -0.25) is 9.59 Å². The minimum atomic E-state index is -0.179. The van der Waals surface area contributed by atoms with Crippen LogP contribution in [0.4, 0.5) is 0 Å². The molecule has 0 atom stereocenters. The molecule has 0 aliphatic carbocycles. The van der Waals surface area contributed by atoms with E-state index >= 15 is 0 Å². The van der Waals surface area contributed by atoms with Crippen molar-refractivity contribution in [2.75, 3.05) is 6.54 Å². The van der Waals surface area contributed by atoms with Crippen LogP contribution in [0.15, 0.2) is 24.8 Å². The first kappa shape index (κ1) is 13.9. The average molecular weight is 272 g/mol. The molecular formula is C12H14ClNO2S. The number of carbonyl (C=O) groups is 2. The van der Waals surface area contributed by atoms with Crippen molar-refractivity contribution in [3.05, 3.63) is 34.0 Å². The second-order valence-electron chi connectivity index (χ2n) is 3.65. The molecule has 1 aromatic heterocycles. The van der Waals surface area contributed by atoms with Crippen LogP contribution in [0.2, 0.25) is 4.34 Å². The second-order valence-corrected chi connectivity index (χ2v) is 5.45. The molecule has 0 saturated carbocycles. The zero-order valence-corrected chi connectivity index (χ0v) is 11.2. The van der Waals surface area contributed by atoms with E-state index < -0.39 is 0 Å². The number of ketones is 1. The summed E-state index contributed by atoms with van der Waals surface area (Å²) in [7, 11) is 0. The van der Waals surface area contributed by atoms with Gasteiger partial charge in [-0.1, -0.05) is 17.7 Å². The van der Waals surface area contributed by atoms with Crippen LogP contribution < -0.4 is 0 Å². The summed E-state index contributed by atoms with van der Waals surface area (Å²) in [6.07, 6.45) is 1.58. The fourth-order valence-corrected chi connectivity index (χ4v) is 2.46. The van der Waals surface area contributed by atoms with Crippen LogP contribution in [0.3, 0.4) is 0 Å². The Morgan fingerprint density at radius 1 is 1.53 bits per heavy atom. The fraction of sp³-hybridized carbons (Fsp3) is 0.333. The lowest BCUT2D eigenvalue weighted by atomic mass is 10.2. The first-order chi connectivity index (χ1) is 8.02. The number of hydrogen-bond donors (Lipinski definition) is 0. The molecule has 3 nitrogen and oxygen atoms in total. The SMILES string of the molecule is C=CCN(Cc1ccc(Cl)s1)C(=O)CC(C)=O. The standard InChI is InChI=1S/C12H14ClNO2S/c1-3-6-14(12(16)7-9(2)15)8-10-4-5-11(13)17-10/h3-5H,1,6-8H2,2H3. The molecule has 0 fully saturated rings. The lowest BCUT2D eigenvalue weighted by molar-refractivity contribution is -0.134. The van der Waals surface area contributed by atoms with Crippen molar-refractivity contribution in [2.24, 2.45) is 0 Å². The van der Waals surface area contributed by atoms with Crippen LogP contribution in [-0.2, 0) is 16.1 Å². The van der Waals surface area contributed by atoms with E-state index in [2.05, 4.69) is 6.58 Å². The third-order valence-corrected chi connectivity index (χ3v) is 3.29. The Hall–Kier alpha value is -1.13. The van der Waals surface area contributed by atoms with Crippen molar-refractivity contribution in [1.82, 2.24) is 4.90 Å². The van der Waals surface area contributed by atoms with E-state index in [-0.39, 0.29) is 18.1 Å². The second kappa shape index (κ2) is 6.57. The molecule has 0 aliphatic rings. The Labute approximate surface area is 110 Å². The minimum absolute atomic E-state index is 0.0626. The van der Waals surface area contributed by atoms with Crippen molar-refractivity contribution in [3.8, 4) is 0 Å². The fourth-order valence-electron chi connectivity index (χ4n) is 1.36. The minimum Gasteiger partial charge on any atom is -0.333 e. The maximum atomic E-state index is 11.8. The van der Waals surface area contributed by atoms with Crippen LogP contribution in [-0.4, -0.2) is 23.1 Å². The number of rotatable bonds is 6. The first-order valence-electron chi connectivity index (χ1n) is 5.15. The molecule has 0 radical (unpaired) electrons. The highest BCUT2D eigenvalue weighted by Gasteiger charge is 2.15. The number of thiophene rings is 1. The van der Waals surface area contributed by atoms with Gasteiger partial charge in [0.2, 0.25) is 5.91 Å². The lowest BCUT2D eigenvalue weighted by Gasteiger charge is -2.19. The predicted molar refractivity (Wildman–Crippen MR) is 70.2 cm³/mol. The molecule has 1 aromatic rings. The molecule has 1 heterocycles. The van der Waals surface area contributed by atoms with E-state index in [4.69, 9.17) is 11.6 Å². The van der Waals surface area contributed by atoms with Crippen LogP contribution in [0.5, 0.6) is 0 Å². The van der Waals surface area contributed by atoms with Gasteiger partial charge in [-0.15, -0.1) is 17.9 Å². The molecule has 0 spiro atoms. The zero-order valence-electron chi connectivity index (χ0n) is 9.61. The van der Waals surface area contributed by atoms with Gasteiger partial charge in [-0.05, 0) is 19.1 Å². The van der Waals surface area contributed by atoms with Gasteiger partial charge in [0, 0.05) is 11.4 Å². The van der Waals surface area contributed by atoms with E-state index in [0.29, 0.717) is 17.4 Å². The predicted octanol–water partition coefficient (Wildman–Crippen LogP) is 2.90. The van der Waals surface area contributed by atoms with Crippen molar-refractivity contribution in [3.63, 3.8) is 0 Å². The van der Waals surface area contributed by atoms with E-state index in [1.54, 1.807) is 17.0 Å². The number of amides is 1. The third kappa shape index (κ3) is 4.71.